The molecule has 1 aliphatic rings. The van der Waals surface area contributed by atoms with E-state index in [1.165, 1.54) is 12.2 Å². The zero-order chi connectivity index (χ0) is 15.2. The van der Waals surface area contributed by atoms with E-state index < -0.39 is 22.0 Å². The fourth-order valence-corrected chi connectivity index (χ4v) is 2.73. The molecular weight excluding hydrogens is 284 g/mol. The number of amides is 1. The van der Waals surface area contributed by atoms with E-state index >= 15 is 0 Å². The van der Waals surface area contributed by atoms with Crippen molar-refractivity contribution in [2.75, 3.05) is 19.4 Å². The highest BCUT2D eigenvalue weighted by atomic mass is 32.2. The van der Waals surface area contributed by atoms with Crippen LogP contribution < -0.4 is 10.0 Å². The van der Waals surface area contributed by atoms with Gasteiger partial charge in [-0.25, -0.2) is 17.9 Å². The Hall–Kier alpha value is -1.41. The van der Waals surface area contributed by atoms with E-state index in [-0.39, 0.29) is 18.4 Å². The summed E-state index contributed by atoms with van der Waals surface area (Å²) < 4.78 is 29.7. The Balaban J connectivity index is 2.69. The Morgan fingerprint density at radius 2 is 2.30 bits per heavy atom. The molecule has 0 unspecified atom stereocenters. The third kappa shape index (κ3) is 6.16. The fourth-order valence-electron chi connectivity index (χ4n) is 2.00. The van der Waals surface area contributed by atoms with Crippen molar-refractivity contribution in [3.63, 3.8) is 0 Å². The number of carbonyl (C=O) groups excluding carboxylic acids is 2. The highest BCUT2D eigenvalue weighted by Crippen LogP contribution is 2.17. The van der Waals surface area contributed by atoms with Crippen molar-refractivity contribution in [2.45, 2.75) is 25.8 Å². The van der Waals surface area contributed by atoms with E-state index in [0.29, 0.717) is 19.4 Å². The second-order valence-corrected chi connectivity index (χ2v) is 6.40. The molecule has 0 bridgehead atoms. The second kappa shape index (κ2) is 7.39. The van der Waals surface area contributed by atoms with Gasteiger partial charge in [-0.3, -0.25) is 4.79 Å². The number of ether oxygens (including phenoxy) is 1. The zero-order valence-electron chi connectivity index (χ0n) is 11.6. The predicted octanol–water partition coefficient (Wildman–Crippen LogP) is -0.450. The Morgan fingerprint density at radius 3 is 2.80 bits per heavy atom. The van der Waals surface area contributed by atoms with E-state index in [2.05, 4.69) is 10.0 Å². The van der Waals surface area contributed by atoms with E-state index in [4.69, 9.17) is 4.74 Å². The smallest absolute Gasteiger partial charge is 0.330 e. The second-order valence-electron chi connectivity index (χ2n) is 4.62. The van der Waals surface area contributed by atoms with Crippen LogP contribution in [0.1, 0.15) is 19.8 Å². The molecule has 1 saturated heterocycles. The van der Waals surface area contributed by atoms with Gasteiger partial charge in [-0.2, -0.15) is 0 Å². The van der Waals surface area contributed by atoms with Crippen molar-refractivity contribution in [3.8, 4) is 0 Å². The molecule has 1 fully saturated rings. The van der Waals surface area contributed by atoms with Crippen molar-refractivity contribution >= 4 is 21.9 Å². The number of hydrogen-bond acceptors (Lipinski definition) is 5. The van der Waals surface area contributed by atoms with Gasteiger partial charge in [-0.05, 0) is 19.8 Å². The third-order valence-electron chi connectivity index (χ3n) is 2.82. The van der Waals surface area contributed by atoms with Crippen LogP contribution in [0.2, 0.25) is 0 Å². The Kier molecular flexibility index (Phi) is 6.15. The quantitative estimate of drug-likeness (QED) is 0.490. The fraction of sp³-hybridized carbons (Fsp3) is 0.667. The highest BCUT2D eigenvalue weighted by Gasteiger charge is 2.27. The maximum Gasteiger partial charge on any atom is 0.330 e. The van der Waals surface area contributed by atoms with Crippen LogP contribution in [0, 0.1) is 5.92 Å². The molecule has 0 aromatic rings. The maximum atomic E-state index is 11.5. The van der Waals surface area contributed by atoms with Gasteiger partial charge in [0.1, 0.15) is 0 Å². The molecular formula is C12H20N2O5S. The first-order chi connectivity index (χ1) is 9.31. The average molecular weight is 304 g/mol. The lowest BCUT2D eigenvalue weighted by atomic mass is 9.99. The van der Waals surface area contributed by atoms with Crippen LogP contribution in [0.25, 0.3) is 0 Å². The van der Waals surface area contributed by atoms with Gasteiger partial charge in [0.25, 0.3) is 0 Å². The molecule has 0 aromatic carbocycles. The number of esters is 1. The van der Waals surface area contributed by atoms with Gasteiger partial charge in [-0.15, -0.1) is 0 Å². The first-order valence-electron chi connectivity index (χ1n) is 6.41. The largest absolute Gasteiger partial charge is 0.463 e. The first kappa shape index (κ1) is 16.6. The van der Waals surface area contributed by atoms with E-state index in [9.17, 15) is 18.0 Å². The molecule has 0 aliphatic carbocycles. The summed E-state index contributed by atoms with van der Waals surface area (Å²) in [5.74, 6) is -0.875. The predicted molar refractivity (Wildman–Crippen MR) is 73.3 cm³/mol. The number of sulfonamides is 1. The van der Waals surface area contributed by atoms with Crippen LogP contribution in [-0.4, -0.2) is 45.7 Å². The zero-order valence-corrected chi connectivity index (χ0v) is 12.4. The molecule has 2 atom stereocenters. The topological polar surface area (TPSA) is 102 Å². The molecule has 1 rings (SSSR count). The summed E-state index contributed by atoms with van der Waals surface area (Å²) in [6, 6.07) is -0.608. The van der Waals surface area contributed by atoms with E-state index in [1.807, 2.05) is 0 Å². The normalized spacial score (nSPS) is 20.9. The lowest BCUT2D eigenvalue weighted by Crippen LogP contribution is -2.35. The third-order valence-corrected chi connectivity index (χ3v) is 3.55. The Morgan fingerprint density at radius 1 is 1.60 bits per heavy atom. The Bertz CT molecular complexity index is 486. The first-order valence-corrected chi connectivity index (χ1v) is 8.31. The number of carbonyl (C=O) groups is 2. The van der Waals surface area contributed by atoms with Gasteiger partial charge in [0, 0.05) is 24.6 Å². The molecule has 0 saturated carbocycles. The van der Waals surface area contributed by atoms with Crippen molar-refractivity contribution in [1.29, 1.82) is 0 Å². The number of hydrogen-bond donors (Lipinski definition) is 2. The number of rotatable bonds is 7. The van der Waals surface area contributed by atoms with E-state index in [1.54, 1.807) is 6.92 Å². The maximum absolute atomic E-state index is 11.5. The molecule has 0 spiro atoms. The van der Waals surface area contributed by atoms with Crippen molar-refractivity contribution in [3.05, 3.63) is 12.2 Å². The summed E-state index contributed by atoms with van der Waals surface area (Å²) >= 11 is 0. The van der Waals surface area contributed by atoms with Crippen molar-refractivity contribution in [1.82, 2.24) is 10.0 Å². The summed E-state index contributed by atoms with van der Waals surface area (Å²) in [6.45, 7) is 2.52. The summed E-state index contributed by atoms with van der Waals surface area (Å²) in [4.78, 5) is 22.8. The van der Waals surface area contributed by atoms with Crippen molar-refractivity contribution < 1.29 is 22.7 Å². The molecule has 1 aliphatic heterocycles. The van der Waals surface area contributed by atoms with Crippen LogP contribution in [0.4, 0.5) is 0 Å². The van der Waals surface area contributed by atoms with E-state index in [0.717, 1.165) is 6.26 Å². The van der Waals surface area contributed by atoms with Gasteiger partial charge in [0.2, 0.25) is 15.9 Å². The minimum atomic E-state index is -3.43. The van der Waals surface area contributed by atoms with Gasteiger partial charge in [0.05, 0.1) is 12.9 Å². The molecule has 7 nitrogen and oxygen atoms in total. The number of nitrogens with one attached hydrogen (secondary N) is 2. The van der Waals surface area contributed by atoms with Gasteiger partial charge >= 0.3 is 5.97 Å². The van der Waals surface area contributed by atoms with Crippen LogP contribution in [0.3, 0.4) is 0 Å². The Labute approximate surface area is 118 Å². The molecule has 2 N–H and O–H groups in total. The molecule has 0 radical (unpaired) electrons. The molecule has 114 valence electrons. The van der Waals surface area contributed by atoms with Gasteiger partial charge < -0.3 is 10.1 Å². The van der Waals surface area contributed by atoms with Gasteiger partial charge in [0.15, 0.2) is 0 Å². The van der Waals surface area contributed by atoms with Crippen LogP contribution >= 0.6 is 0 Å². The van der Waals surface area contributed by atoms with Crippen LogP contribution in [0.15, 0.2) is 12.2 Å². The molecule has 0 aromatic heterocycles. The summed E-state index contributed by atoms with van der Waals surface area (Å²) in [6.07, 6.45) is 4.61. The lowest BCUT2D eigenvalue weighted by Gasteiger charge is -2.16. The molecule has 1 amide bonds. The average Bonchev–Trinajstić information content (AvgIpc) is 2.70. The lowest BCUT2D eigenvalue weighted by molar-refractivity contribution is -0.137. The summed E-state index contributed by atoms with van der Waals surface area (Å²) in [7, 11) is -3.43. The SMILES string of the molecule is CCOC(=O)C=C[C@H](C[C@@H]1CCNC1=O)NS(C)(=O)=O. The summed E-state index contributed by atoms with van der Waals surface area (Å²) in [5.41, 5.74) is 0. The molecule has 1 heterocycles. The molecule has 8 heteroatoms. The minimum Gasteiger partial charge on any atom is -0.463 e. The van der Waals surface area contributed by atoms with Crippen LogP contribution in [-0.2, 0) is 24.3 Å². The summed E-state index contributed by atoms with van der Waals surface area (Å²) in [5, 5.41) is 2.69. The minimum absolute atomic E-state index is 0.0881. The highest BCUT2D eigenvalue weighted by molar-refractivity contribution is 7.88. The van der Waals surface area contributed by atoms with Crippen LogP contribution in [0.5, 0.6) is 0 Å². The monoisotopic (exact) mass is 304 g/mol. The van der Waals surface area contributed by atoms with Gasteiger partial charge in [-0.1, -0.05) is 6.08 Å². The molecule has 20 heavy (non-hydrogen) atoms. The van der Waals surface area contributed by atoms with Crippen molar-refractivity contribution in [2.24, 2.45) is 5.92 Å². The standard InChI is InChI=1S/C12H20N2O5S/c1-3-19-11(15)5-4-10(14-20(2,17)18)8-9-6-7-13-12(9)16/h4-5,9-10,14H,3,6-8H2,1-2H3,(H,13,16)/t9-,10+/m0/s1.